The molecule has 0 unspecified atom stereocenters. The third-order valence-electron chi connectivity index (χ3n) is 5.32. The van der Waals surface area contributed by atoms with Gasteiger partial charge in [0.05, 0.1) is 29.9 Å². The highest BCUT2D eigenvalue weighted by atomic mass is 16.5. The Morgan fingerprint density at radius 2 is 2.03 bits per heavy atom. The van der Waals surface area contributed by atoms with Gasteiger partial charge in [-0.05, 0) is 48.7 Å². The Balaban J connectivity index is 1.51. The first-order valence-corrected chi connectivity index (χ1v) is 9.46. The predicted molar refractivity (Wildman–Crippen MR) is 109 cm³/mol. The molecule has 0 fully saturated rings. The average Bonchev–Trinajstić information content (AvgIpc) is 3.16. The molecule has 3 aromatic rings. The number of aromatic nitrogens is 2. The number of esters is 1. The summed E-state index contributed by atoms with van der Waals surface area (Å²) in [5.74, 6) is -0.457. The first-order valence-electron chi connectivity index (χ1n) is 9.46. The highest BCUT2D eigenvalue weighted by Crippen LogP contribution is 2.29. The van der Waals surface area contributed by atoms with E-state index in [1.807, 2.05) is 19.1 Å². The maximum absolute atomic E-state index is 12.8. The van der Waals surface area contributed by atoms with Crippen LogP contribution >= 0.6 is 0 Å². The van der Waals surface area contributed by atoms with Crippen molar-refractivity contribution in [3.63, 3.8) is 0 Å². The van der Waals surface area contributed by atoms with E-state index in [0.29, 0.717) is 29.4 Å². The zero-order valence-corrected chi connectivity index (χ0v) is 16.3. The second-order valence-electron chi connectivity index (χ2n) is 7.09. The van der Waals surface area contributed by atoms with Crippen LogP contribution in [0.1, 0.15) is 27.9 Å². The Hall–Kier alpha value is -3.48. The molecule has 0 atom stereocenters. The predicted octanol–water partition coefficient (Wildman–Crippen LogP) is 2.47. The number of para-hydroxylation sites is 1. The lowest BCUT2D eigenvalue weighted by atomic mass is 10.1. The van der Waals surface area contributed by atoms with Gasteiger partial charge in [0.15, 0.2) is 0 Å². The quantitative estimate of drug-likeness (QED) is 0.638. The molecule has 0 N–H and O–H groups in total. The Bertz CT molecular complexity index is 1180. The summed E-state index contributed by atoms with van der Waals surface area (Å²) in [4.78, 5) is 43.3. The third kappa shape index (κ3) is 3.40. The smallest absolute Gasteiger partial charge is 0.337 e. The number of methoxy groups -OCH3 is 1. The van der Waals surface area contributed by atoms with Gasteiger partial charge in [0, 0.05) is 25.2 Å². The average molecular weight is 391 g/mol. The number of nitrogens with zero attached hydrogens (tertiary/aromatic N) is 3. The monoisotopic (exact) mass is 391 g/mol. The molecule has 0 aliphatic carbocycles. The number of ether oxygens (including phenoxy) is 1. The minimum absolute atomic E-state index is 0.0641. The normalized spacial score (nSPS) is 12.8. The van der Waals surface area contributed by atoms with Gasteiger partial charge in [-0.3, -0.25) is 14.2 Å². The van der Waals surface area contributed by atoms with Crippen LogP contribution in [-0.2, 0) is 22.5 Å². The van der Waals surface area contributed by atoms with E-state index >= 15 is 0 Å². The number of rotatable bonds is 4. The van der Waals surface area contributed by atoms with E-state index in [4.69, 9.17) is 4.74 Å². The topological polar surface area (TPSA) is 81.5 Å². The van der Waals surface area contributed by atoms with Crippen LogP contribution in [0.4, 0.5) is 5.69 Å². The molecule has 7 heteroatoms. The molecule has 1 aliphatic heterocycles. The summed E-state index contributed by atoms with van der Waals surface area (Å²) in [5, 5.41) is 0.557. The molecule has 148 valence electrons. The van der Waals surface area contributed by atoms with Crippen LogP contribution in [0.2, 0.25) is 0 Å². The summed E-state index contributed by atoms with van der Waals surface area (Å²) >= 11 is 0. The number of carbonyl (C=O) groups excluding carboxylic acids is 2. The SMILES string of the molecule is COC(=O)c1ccc2c(c1)CCN2C(=O)CCn1cnc2c(C)cccc2c1=O. The molecule has 1 aromatic heterocycles. The second kappa shape index (κ2) is 7.50. The van der Waals surface area contributed by atoms with Gasteiger partial charge in [0.2, 0.25) is 5.91 Å². The van der Waals surface area contributed by atoms with Crippen LogP contribution in [0.15, 0.2) is 47.5 Å². The second-order valence-corrected chi connectivity index (χ2v) is 7.09. The number of fused-ring (bicyclic) bond motifs is 2. The number of anilines is 1. The van der Waals surface area contributed by atoms with Crippen molar-refractivity contribution in [3.05, 3.63) is 69.8 Å². The van der Waals surface area contributed by atoms with Crippen molar-refractivity contribution in [2.24, 2.45) is 0 Å². The van der Waals surface area contributed by atoms with Crippen LogP contribution in [0, 0.1) is 6.92 Å². The van der Waals surface area contributed by atoms with Crippen molar-refractivity contribution in [1.29, 1.82) is 0 Å². The van der Waals surface area contributed by atoms with Gasteiger partial charge in [-0.15, -0.1) is 0 Å². The van der Waals surface area contributed by atoms with Gasteiger partial charge in [-0.25, -0.2) is 9.78 Å². The van der Waals surface area contributed by atoms with Gasteiger partial charge in [0.25, 0.3) is 5.56 Å². The Morgan fingerprint density at radius 3 is 2.83 bits per heavy atom. The Kier molecular flexibility index (Phi) is 4.88. The number of aryl methyl sites for hydroxylation is 2. The van der Waals surface area contributed by atoms with Gasteiger partial charge >= 0.3 is 5.97 Å². The molecule has 2 heterocycles. The Morgan fingerprint density at radius 1 is 1.21 bits per heavy atom. The van der Waals surface area contributed by atoms with Crippen molar-refractivity contribution in [3.8, 4) is 0 Å². The minimum Gasteiger partial charge on any atom is -0.465 e. The van der Waals surface area contributed by atoms with Crippen molar-refractivity contribution >= 4 is 28.5 Å². The molecular formula is C22H21N3O4. The molecule has 0 saturated heterocycles. The lowest BCUT2D eigenvalue weighted by Crippen LogP contribution is -2.31. The molecule has 1 aliphatic rings. The van der Waals surface area contributed by atoms with E-state index in [1.54, 1.807) is 29.2 Å². The first kappa shape index (κ1) is 18.9. The van der Waals surface area contributed by atoms with Crippen LogP contribution in [0.5, 0.6) is 0 Å². The molecule has 0 saturated carbocycles. The maximum Gasteiger partial charge on any atom is 0.337 e. The van der Waals surface area contributed by atoms with E-state index in [9.17, 15) is 14.4 Å². The Labute approximate surface area is 167 Å². The van der Waals surface area contributed by atoms with Crippen molar-refractivity contribution in [2.75, 3.05) is 18.6 Å². The molecule has 1 amide bonds. The van der Waals surface area contributed by atoms with E-state index in [1.165, 1.54) is 18.0 Å². The van der Waals surface area contributed by atoms with Crippen molar-refractivity contribution in [1.82, 2.24) is 9.55 Å². The summed E-state index contributed by atoms with van der Waals surface area (Å²) in [6.45, 7) is 2.74. The number of hydrogen-bond acceptors (Lipinski definition) is 5. The van der Waals surface area contributed by atoms with Crippen LogP contribution in [0.3, 0.4) is 0 Å². The highest BCUT2D eigenvalue weighted by Gasteiger charge is 2.25. The maximum atomic E-state index is 12.8. The summed E-state index contributed by atoms with van der Waals surface area (Å²) in [6, 6.07) is 10.7. The standard InChI is InChI=1S/C22H21N3O4/c1-14-4-3-5-17-20(14)23-13-24(21(17)27)10-9-19(26)25-11-8-15-12-16(22(28)29-2)6-7-18(15)25/h3-7,12-13H,8-11H2,1-2H3. The highest BCUT2D eigenvalue weighted by molar-refractivity contribution is 5.97. The largest absolute Gasteiger partial charge is 0.465 e. The van der Waals surface area contributed by atoms with E-state index in [2.05, 4.69) is 4.98 Å². The fourth-order valence-electron chi connectivity index (χ4n) is 3.75. The molecular weight excluding hydrogens is 370 g/mol. The summed E-state index contributed by atoms with van der Waals surface area (Å²) in [5.41, 5.74) is 3.72. The number of benzene rings is 2. The summed E-state index contributed by atoms with van der Waals surface area (Å²) in [6.07, 6.45) is 2.38. The molecule has 4 rings (SSSR count). The zero-order chi connectivity index (χ0) is 20.5. The fourth-order valence-corrected chi connectivity index (χ4v) is 3.75. The summed E-state index contributed by atoms with van der Waals surface area (Å²) < 4.78 is 6.23. The van der Waals surface area contributed by atoms with Crippen LogP contribution in [0.25, 0.3) is 10.9 Å². The lowest BCUT2D eigenvalue weighted by Gasteiger charge is -2.18. The van der Waals surface area contributed by atoms with Crippen LogP contribution in [-0.4, -0.2) is 35.1 Å². The van der Waals surface area contributed by atoms with Crippen molar-refractivity contribution in [2.45, 2.75) is 26.3 Å². The summed E-state index contributed by atoms with van der Waals surface area (Å²) in [7, 11) is 1.34. The fraction of sp³-hybridized carbons (Fsp3) is 0.273. The van der Waals surface area contributed by atoms with Gasteiger partial charge in [-0.2, -0.15) is 0 Å². The van der Waals surface area contributed by atoms with E-state index < -0.39 is 5.97 Å². The van der Waals surface area contributed by atoms with Gasteiger partial charge in [-0.1, -0.05) is 12.1 Å². The molecule has 7 nitrogen and oxygen atoms in total. The molecule has 29 heavy (non-hydrogen) atoms. The first-order chi connectivity index (χ1) is 14.0. The van der Waals surface area contributed by atoms with E-state index in [0.717, 1.165) is 16.8 Å². The van der Waals surface area contributed by atoms with E-state index in [-0.39, 0.29) is 24.4 Å². The number of carbonyl (C=O) groups is 2. The third-order valence-corrected chi connectivity index (χ3v) is 5.32. The van der Waals surface area contributed by atoms with Gasteiger partial charge in [0.1, 0.15) is 0 Å². The zero-order valence-electron chi connectivity index (χ0n) is 16.3. The molecule has 0 bridgehead atoms. The van der Waals surface area contributed by atoms with Crippen molar-refractivity contribution < 1.29 is 14.3 Å². The number of hydrogen-bond donors (Lipinski definition) is 0. The molecule has 2 aromatic carbocycles. The minimum atomic E-state index is -0.393. The van der Waals surface area contributed by atoms with Crippen LogP contribution < -0.4 is 10.5 Å². The molecule has 0 radical (unpaired) electrons. The number of amides is 1. The van der Waals surface area contributed by atoms with Gasteiger partial charge < -0.3 is 9.64 Å². The molecule has 0 spiro atoms. The lowest BCUT2D eigenvalue weighted by molar-refractivity contribution is -0.118.